The lowest BCUT2D eigenvalue weighted by molar-refractivity contribution is 0.0982. The Morgan fingerprint density at radius 1 is 0.971 bits per heavy atom. The summed E-state index contributed by atoms with van der Waals surface area (Å²) in [5.74, 6) is 0.831. The fourth-order valence-electron chi connectivity index (χ4n) is 5.28. The van der Waals surface area contributed by atoms with Crippen LogP contribution < -0.4 is 15.5 Å². The Hall–Kier alpha value is -3.32. The highest BCUT2D eigenvalue weighted by atomic mass is 16.2. The number of aromatic nitrogens is 2. The van der Waals surface area contributed by atoms with E-state index >= 15 is 0 Å². The lowest BCUT2D eigenvalue weighted by Gasteiger charge is -2.37. The molecule has 1 aliphatic heterocycles. The van der Waals surface area contributed by atoms with Crippen molar-refractivity contribution >= 4 is 23.1 Å². The third-order valence-corrected chi connectivity index (χ3v) is 7.41. The van der Waals surface area contributed by atoms with Crippen LogP contribution in [0.4, 0.5) is 17.2 Å². The van der Waals surface area contributed by atoms with Crippen molar-refractivity contribution in [1.82, 2.24) is 14.7 Å². The number of carbonyl (C=O) groups is 1. The summed E-state index contributed by atoms with van der Waals surface area (Å²) in [7, 11) is 2.00. The molecule has 2 aliphatic rings. The van der Waals surface area contributed by atoms with Gasteiger partial charge in [0.15, 0.2) is 5.82 Å². The third-order valence-electron chi connectivity index (χ3n) is 7.41. The van der Waals surface area contributed by atoms with Crippen molar-refractivity contribution in [3.63, 3.8) is 0 Å². The number of carbonyl (C=O) groups excluding carboxylic acids is 1. The third kappa shape index (κ3) is 5.05. The molecule has 7 nitrogen and oxygen atoms in total. The van der Waals surface area contributed by atoms with Crippen LogP contribution in [0.25, 0.3) is 0 Å². The maximum absolute atomic E-state index is 13.7. The predicted molar refractivity (Wildman–Crippen MR) is 142 cm³/mol. The molecule has 7 heteroatoms. The van der Waals surface area contributed by atoms with E-state index in [1.165, 1.54) is 28.9 Å². The Balaban J connectivity index is 1.31. The Bertz CT molecular complexity index is 1160. The second-order valence-corrected chi connectivity index (χ2v) is 9.82. The first-order chi connectivity index (χ1) is 17.0. The van der Waals surface area contributed by atoms with E-state index in [0.29, 0.717) is 17.8 Å². The van der Waals surface area contributed by atoms with Gasteiger partial charge in [-0.25, -0.2) is 0 Å². The number of nitrogens with two attached hydrogens (primary N) is 1. The lowest BCUT2D eigenvalue weighted by atomic mass is 9.97. The Morgan fingerprint density at radius 3 is 2.37 bits per heavy atom. The monoisotopic (exact) mass is 472 g/mol. The van der Waals surface area contributed by atoms with Gasteiger partial charge in [-0.2, -0.15) is 5.10 Å². The molecule has 0 radical (unpaired) electrons. The zero-order valence-corrected chi connectivity index (χ0v) is 20.9. The Morgan fingerprint density at radius 2 is 1.66 bits per heavy atom. The summed E-state index contributed by atoms with van der Waals surface area (Å²) in [6, 6.07) is 16.0. The van der Waals surface area contributed by atoms with Crippen LogP contribution in [0.1, 0.15) is 40.0 Å². The number of hydrogen-bond acceptors (Lipinski definition) is 5. The summed E-state index contributed by atoms with van der Waals surface area (Å²) >= 11 is 0. The molecule has 2 heterocycles. The second-order valence-electron chi connectivity index (χ2n) is 9.82. The molecule has 2 N–H and O–H groups in total. The highest BCUT2D eigenvalue weighted by Gasteiger charge is 2.28. The number of fused-ring (bicyclic) bond motifs is 1. The predicted octanol–water partition coefficient (Wildman–Crippen LogP) is 3.66. The average molecular weight is 473 g/mol. The molecule has 184 valence electrons. The summed E-state index contributed by atoms with van der Waals surface area (Å²) in [6.07, 6.45) is 4.35. The average Bonchev–Trinajstić information content (AvgIpc) is 3.22. The number of piperazine rings is 1. The molecular weight excluding hydrogens is 436 g/mol. The summed E-state index contributed by atoms with van der Waals surface area (Å²) in [5.41, 5.74) is 12.3. The summed E-state index contributed by atoms with van der Waals surface area (Å²) < 4.78 is 1.98. The van der Waals surface area contributed by atoms with E-state index in [1.807, 2.05) is 28.8 Å². The number of rotatable bonds is 6. The van der Waals surface area contributed by atoms with Gasteiger partial charge in [0.1, 0.15) is 0 Å². The summed E-state index contributed by atoms with van der Waals surface area (Å²) in [6.45, 7) is 7.53. The molecule has 0 bridgehead atoms. The van der Waals surface area contributed by atoms with Gasteiger partial charge >= 0.3 is 0 Å². The van der Waals surface area contributed by atoms with E-state index in [1.54, 1.807) is 12.1 Å². The standard InChI is InChI=1S/C28H36N6O/c1-21-7-13-24(14-8-21)33-18-15-32(16-19-33)17-20-34(28(35)22-9-11-23(29)12-10-22)27-25-5-3-4-6-26(25)31(2)30-27/h7-14H,3-6,15-20,29H2,1-2H3. The van der Waals surface area contributed by atoms with Gasteiger partial charge in [-0.1, -0.05) is 17.7 Å². The van der Waals surface area contributed by atoms with Crippen LogP contribution in [-0.2, 0) is 19.9 Å². The largest absolute Gasteiger partial charge is 0.399 e. The SMILES string of the molecule is Cc1ccc(N2CCN(CCN(C(=O)c3ccc(N)cc3)c3nn(C)c4c3CCCC4)CC2)cc1. The van der Waals surface area contributed by atoms with Gasteiger partial charge in [0.05, 0.1) is 0 Å². The van der Waals surface area contributed by atoms with E-state index in [9.17, 15) is 4.79 Å². The molecular formula is C28H36N6O. The van der Waals surface area contributed by atoms with Crippen LogP contribution >= 0.6 is 0 Å². The van der Waals surface area contributed by atoms with Crippen LogP contribution in [0.3, 0.4) is 0 Å². The quantitative estimate of drug-likeness (QED) is 0.555. The number of benzene rings is 2. The second kappa shape index (κ2) is 10.1. The normalized spacial score (nSPS) is 16.2. The zero-order chi connectivity index (χ0) is 24.4. The van der Waals surface area contributed by atoms with Gasteiger partial charge < -0.3 is 10.6 Å². The van der Waals surface area contributed by atoms with Crippen LogP contribution in [0.5, 0.6) is 0 Å². The molecule has 5 rings (SSSR count). The van der Waals surface area contributed by atoms with Gasteiger partial charge in [0, 0.05) is 74.5 Å². The summed E-state index contributed by atoms with van der Waals surface area (Å²) in [4.78, 5) is 20.5. The molecule has 1 amide bonds. The van der Waals surface area contributed by atoms with Crippen molar-refractivity contribution in [2.24, 2.45) is 7.05 Å². The van der Waals surface area contributed by atoms with Crippen LogP contribution in [0.15, 0.2) is 48.5 Å². The van der Waals surface area contributed by atoms with Crippen LogP contribution in [0.2, 0.25) is 0 Å². The Kier molecular flexibility index (Phi) is 6.77. The fourth-order valence-corrected chi connectivity index (χ4v) is 5.28. The van der Waals surface area contributed by atoms with Crippen molar-refractivity contribution in [3.8, 4) is 0 Å². The zero-order valence-electron chi connectivity index (χ0n) is 20.9. The first-order valence-corrected chi connectivity index (χ1v) is 12.8. The van der Waals surface area contributed by atoms with Crippen molar-refractivity contribution in [2.45, 2.75) is 32.6 Å². The van der Waals surface area contributed by atoms with Crippen molar-refractivity contribution in [1.29, 1.82) is 0 Å². The number of anilines is 3. The maximum atomic E-state index is 13.7. The molecule has 0 unspecified atom stereocenters. The molecule has 1 aromatic heterocycles. The van der Waals surface area contributed by atoms with Gasteiger partial charge in [-0.3, -0.25) is 19.3 Å². The molecule has 2 aromatic carbocycles. The first kappa shape index (κ1) is 23.4. The molecule has 1 fully saturated rings. The highest BCUT2D eigenvalue weighted by Crippen LogP contribution is 2.30. The fraction of sp³-hybridized carbons (Fsp3) is 0.429. The number of nitrogen functional groups attached to an aromatic ring is 1. The van der Waals surface area contributed by atoms with E-state index in [4.69, 9.17) is 10.8 Å². The first-order valence-electron chi connectivity index (χ1n) is 12.8. The van der Waals surface area contributed by atoms with Crippen molar-refractivity contribution < 1.29 is 4.79 Å². The lowest BCUT2D eigenvalue weighted by Crippen LogP contribution is -2.49. The topological polar surface area (TPSA) is 70.6 Å². The van der Waals surface area contributed by atoms with Crippen molar-refractivity contribution in [3.05, 3.63) is 70.9 Å². The number of hydrogen-bond donors (Lipinski definition) is 1. The molecule has 3 aromatic rings. The minimum Gasteiger partial charge on any atom is -0.399 e. The number of aryl methyl sites for hydroxylation is 2. The molecule has 0 atom stereocenters. The Labute approximate surface area is 208 Å². The van der Waals surface area contributed by atoms with Gasteiger partial charge in [0.2, 0.25) is 0 Å². The van der Waals surface area contributed by atoms with Gasteiger partial charge in [0.25, 0.3) is 5.91 Å². The van der Waals surface area contributed by atoms with Gasteiger partial charge in [-0.15, -0.1) is 0 Å². The van der Waals surface area contributed by atoms with Gasteiger partial charge in [-0.05, 0) is 69.0 Å². The molecule has 1 saturated heterocycles. The maximum Gasteiger partial charge on any atom is 0.259 e. The number of amides is 1. The van der Waals surface area contributed by atoms with E-state index in [2.05, 4.69) is 41.0 Å². The van der Waals surface area contributed by atoms with E-state index < -0.39 is 0 Å². The number of nitrogens with zero attached hydrogens (tertiary/aromatic N) is 5. The minimum absolute atomic E-state index is 0.00485. The van der Waals surface area contributed by atoms with Crippen molar-refractivity contribution in [2.75, 3.05) is 54.8 Å². The molecule has 0 spiro atoms. The smallest absolute Gasteiger partial charge is 0.259 e. The highest BCUT2D eigenvalue weighted by molar-refractivity contribution is 6.06. The molecule has 0 saturated carbocycles. The van der Waals surface area contributed by atoms with Crippen LogP contribution in [-0.4, -0.2) is 59.9 Å². The van der Waals surface area contributed by atoms with Crippen LogP contribution in [0, 0.1) is 6.92 Å². The summed E-state index contributed by atoms with van der Waals surface area (Å²) in [5, 5.41) is 4.85. The molecule has 35 heavy (non-hydrogen) atoms. The van der Waals surface area contributed by atoms with E-state index in [0.717, 1.165) is 57.8 Å². The minimum atomic E-state index is -0.00485. The van der Waals surface area contributed by atoms with E-state index in [-0.39, 0.29) is 5.91 Å². The molecule has 1 aliphatic carbocycles.